The molecule has 1 aliphatic heterocycles. The van der Waals surface area contributed by atoms with Crippen LogP contribution in [0.1, 0.15) is 60.3 Å². The van der Waals surface area contributed by atoms with Gasteiger partial charge in [-0.3, -0.25) is 14.4 Å². The second kappa shape index (κ2) is 10.7. The van der Waals surface area contributed by atoms with Gasteiger partial charge in [0.15, 0.2) is 12.3 Å². The van der Waals surface area contributed by atoms with Crippen LogP contribution in [0.2, 0.25) is 0 Å². The monoisotopic (exact) mass is 416 g/mol. The molecule has 1 heterocycles. The summed E-state index contributed by atoms with van der Waals surface area (Å²) in [5.41, 5.74) is 0. The number of terminal acetylenes is 1. The number of Topliss-reactive ketones (excluding diaryl/α,β-unsaturated/α-hetero) is 1. The molecule has 29 heavy (non-hydrogen) atoms. The summed E-state index contributed by atoms with van der Waals surface area (Å²) in [6, 6.07) is 0. The molecule has 0 radical (unpaired) electrons. The summed E-state index contributed by atoms with van der Waals surface area (Å²) in [6.07, 6.45) is 0.307. The van der Waals surface area contributed by atoms with E-state index < -0.39 is 54.1 Å². The van der Waals surface area contributed by atoms with Crippen LogP contribution in [0.5, 0.6) is 0 Å². The number of hydrogen-bond donors (Lipinski definition) is 0. The quantitative estimate of drug-likeness (QED) is 0.424. The number of rotatable bonds is 9. The van der Waals surface area contributed by atoms with Crippen molar-refractivity contribution in [3.63, 3.8) is 0 Å². The molecule has 6 nitrogen and oxygen atoms in total. The summed E-state index contributed by atoms with van der Waals surface area (Å²) in [5, 5.41) is 0. The number of carbonyl (C=O) groups excluding carboxylic acids is 3. The Kier molecular flexibility index (Phi) is 9.21. The third-order valence-corrected chi connectivity index (χ3v) is 5.14. The molecule has 0 aromatic rings. The fourth-order valence-electron chi connectivity index (χ4n) is 3.74. The molecule has 1 saturated heterocycles. The Bertz CT molecular complexity index is 642. The van der Waals surface area contributed by atoms with Gasteiger partial charge < -0.3 is 14.2 Å². The number of ketones is 1. The molecule has 1 fully saturated rings. The highest BCUT2D eigenvalue weighted by atomic mass is 19.2. The van der Waals surface area contributed by atoms with Gasteiger partial charge in [-0.05, 0) is 19.3 Å². The van der Waals surface area contributed by atoms with Crippen molar-refractivity contribution in [3.05, 3.63) is 0 Å². The van der Waals surface area contributed by atoms with Crippen molar-refractivity contribution >= 4 is 17.7 Å². The highest BCUT2D eigenvalue weighted by Crippen LogP contribution is 2.44. The summed E-state index contributed by atoms with van der Waals surface area (Å²) in [6.45, 7) is 6.47. The average Bonchev–Trinajstić information content (AvgIpc) is 2.62. The minimum Gasteiger partial charge on any atom is -0.459 e. The van der Waals surface area contributed by atoms with Crippen molar-refractivity contribution < 1.29 is 37.4 Å². The fraction of sp³-hybridized carbons (Fsp3) is 0.762. The molecule has 1 aliphatic rings. The Morgan fingerprint density at radius 1 is 1.24 bits per heavy atom. The third-order valence-electron chi connectivity index (χ3n) is 5.14. The molecule has 5 unspecified atom stereocenters. The molecule has 0 aliphatic carbocycles. The van der Waals surface area contributed by atoms with Crippen LogP contribution in [0.25, 0.3) is 0 Å². The first-order chi connectivity index (χ1) is 13.4. The molecule has 7 atom stereocenters. The molecule has 0 N–H and O–H groups in total. The lowest BCUT2D eigenvalue weighted by Gasteiger charge is -2.47. The summed E-state index contributed by atoms with van der Waals surface area (Å²) in [4.78, 5) is 35.5. The summed E-state index contributed by atoms with van der Waals surface area (Å²) >= 11 is 0. The molecule has 0 saturated carbocycles. The molecule has 8 heteroatoms. The highest BCUT2D eigenvalue weighted by molar-refractivity contribution is 5.79. The molecule has 1 rings (SSSR count). The normalized spacial score (nSPS) is 31.2. The summed E-state index contributed by atoms with van der Waals surface area (Å²) in [5.74, 6) is -3.55. The number of esters is 2. The van der Waals surface area contributed by atoms with E-state index in [0.717, 1.165) is 13.8 Å². The lowest BCUT2D eigenvalue weighted by atomic mass is 9.74. The van der Waals surface area contributed by atoms with Gasteiger partial charge in [-0.15, -0.1) is 12.3 Å². The SMILES string of the molecule is C#CCCC(=O)CC1C(C)C(F)C(C)(F)OC1[C@H](OC(C)=O)[C@@H](CC)OC(C)=O. The topological polar surface area (TPSA) is 78.9 Å². The minimum atomic E-state index is -2.66. The van der Waals surface area contributed by atoms with Crippen LogP contribution in [0.3, 0.4) is 0 Å². The van der Waals surface area contributed by atoms with E-state index in [1.54, 1.807) is 6.92 Å². The van der Waals surface area contributed by atoms with E-state index in [1.165, 1.54) is 13.8 Å². The molecule has 0 amide bonds. The Hall–Kier alpha value is -2.01. The van der Waals surface area contributed by atoms with E-state index in [1.807, 2.05) is 0 Å². The Morgan fingerprint density at radius 3 is 2.31 bits per heavy atom. The van der Waals surface area contributed by atoms with Crippen LogP contribution in [-0.2, 0) is 28.6 Å². The van der Waals surface area contributed by atoms with Crippen LogP contribution < -0.4 is 0 Å². The van der Waals surface area contributed by atoms with Gasteiger partial charge >= 0.3 is 11.9 Å². The van der Waals surface area contributed by atoms with Crippen molar-refractivity contribution in [1.29, 1.82) is 0 Å². The largest absolute Gasteiger partial charge is 0.459 e. The van der Waals surface area contributed by atoms with Crippen LogP contribution in [0, 0.1) is 24.2 Å². The summed E-state index contributed by atoms with van der Waals surface area (Å²) in [7, 11) is 0. The number of halogens is 2. The molecule has 0 aromatic heterocycles. The maximum absolute atomic E-state index is 14.8. The van der Waals surface area contributed by atoms with Gasteiger partial charge in [0.1, 0.15) is 18.0 Å². The molecule has 0 aromatic carbocycles. The lowest BCUT2D eigenvalue weighted by Crippen LogP contribution is -2.60. The first-order valence-electron chi connectivity index (χ1n) is 9.74. The standard InChI is InChI=1S/C21H30F2O6/c1-7-9-10-15(26)11-16-12(3)20(22)21(6,23)29-18(16)19(28-14(5)25)17(8-2)27-13(4)24/h1,12,16-20H,8-11H2,2-6H3/t12?,16?,17-,18?,19-,20?,21?/m1/s1. The van der Waals surface area contributed by atoms with Crippen LogP contribution in [0.15, 0.2) is 0 Å². The van der Waals surface area contributed by atoms with E-state index in [4.69, 9.17) is 20.6 Å². The predicted octanol–water partition coefficient (Wildman–Crippen LogP) is 3.31. The molecule has 164 valence electrons. The number of hydrogen-bond acceptors (Lipinski definition) is 6. The van der Waals surface area contributed by atoms with Gasteiger partial charge in [-0.1, -0.05) is 13.8 Å². The smallest absolute Gasteiger partial charge is 0.303 e. The fourth-order valence-corrected chi connectivity index (χ4v) is 3.74. The average molecular weight is 416 g/mol. The Morgan fingerprint density at radius 2 is 1.83 bits per heavy atom. The zero-order valence-corrected chi connectivity index (χ0v) is 17.6. The first-order valence-corrected chi connectivity index (χ1v) is 9.74. The molecular formula is C21H30F2O6. The van der Waals surface area contributed by atoms with Crippen molar-refractivity contribution in [2.24, 2.45) is 11.8 Å². The van der Waals surface area contributed by atoms with Crippen molar-refractivity contribution in [2.45, 2.75) is 90.6 Å². The number of carbonyl (C=O) groups is 3. The minimum absolute atomic E-state index is 0.0929. The predicted molar refractivity (Wildman–Crippen MR) is 101 cm³/mol. The lowest BCUT2D eigenvalue weighted by molar-refractivity contribution is -0.292. The van der Waals surface area contributed by atoms with Gasteiger partial charge in [-0.2, -0.15) is 0 Å². The Labute approximate surface area is 170 Å². The second-order valence-electron chi connectivity index (χ2n) is 7.57. The van der Waals surface area contributed by atoms with E-state index in [-0.39, 0.29) is 31.5 Å². The van der Waals surface area contributed by atoms with Crippen LogP contribution >= 0.6 is 0 Å². The van der Waals surface area contributed by atoms with E-state index in [2.05, 4.69) is 5.92 Å². The van der Waals surface area contributed by atoms with Crippen LogP contribution in [0.4, 0.5) is 8.78 Å². The maximum atomic E-state index is 14.8. The molecular weight excluding hydrogens is 386 g/mol. The zero-order chi connectivity index (χ0) is 22.4. The van der Waals surface area contributed by atoms with Gasteiger partial charge in [0, 0.05) is 39.0 Å². The van der Waals surface area contributed by atoms with Crippen molar-refractivity contribution in [2.75, 3.05) is 0 Å². The van der Waals surface area contributed by atoms with E-state index in [0.29, 0.717) is 0 Å². The first kappa shape index (κ1) is 25.0. The Balaban J connectivity index is 3.31. The van der Waals surface area contributed by atoms with E-state index >= 15 is 0 Å². The molecule has 0 bridgehead atoms. The number of ether oxygens (including phenoxy) is 3. The van der Waals surface area contributed by atoms with Crippen LogP contribution in [-0.4, -0.2) is 48.1 Å². The van der Waals surface area contributed by atoms with Gasteiger partial charge in [0.2, 0.25) is 5.85 Å². The van der Waals surface area contributed by atoms with Gasteiger partial charge in [0.05, 0.1) is 0 Å². The summed E-state index contributed by atoms with van der Waals surface area (Å²) < 4.78 is 45.5. The van der Waals surface area contributed by atoms with Crippen molar-refractivity contribution in [3.8, 4) is 12.3 Å². The second-order valence-corrected chi connectivity index (χ2v) is 7.57. The van der Waals surface area contributed by atoms with Gasteiger partial charge in [0.25, 0.3) is 0 Å². The van der Waals surface area contributed by atoms with Gasteiger partial charge in [-0.25, -0.2) is 8.78 Å². The molecule has 0 spiro atoms. The maximum Gasteiger partial charge on any atom is 0.303 e. The highest BCUT2D eigenvalue weighted by Gasteiger charge is 2.55. The zero-order valence-electron chi connectivity index (χ0n) is 17.6. The van der Waals surface area contributed by atoms with Crippen molar-refractivity contribution in [1.82, 2.24) is 0 Å². The number of alkyl halides is 2. The van der Waals surface area contributed by atoms with E-state index in [9.17, 15) is 23.2 Å². The third kappa shape index (κ3) is 6.77.